The Morgan fingerprint density at radius 3 is 2.67 bits per heavy atom. The summed E-state index contributed by atoms with van der Waals surface area (Å²) in [6, 6.07) is 7.66. The van der Waals surface area contributed by atoms with Gasteiger partial charge in [0.1, 0.15) is 5.82 Å². The van der Waals surface area contributed by atoms with Crippen LogP contribution in [0.2, 0.25) is 0 Å². The number of aromatic amines is 1. The molecule has 122 valence electrons. The van der Waals surface area contributed by atoms with Crippen molar-refractivity contribution in [3.8, 4) is 0 Å². The first-order valence-electron chi connectivity index (χ1n) is 7.73. The number of nitrogens with one attached hydrogen (secondary N) is 2. The number of carbonyl (C=O) groups is 1. The van der Waals surface area contributed by atoms with Crippen LogP contribution >= 0.6 is 15.9 Å². The molecule has 4 N–H and O–H groups in total. The minimum absolute atomic E-state index is 0.0620. The molecule has 2 heterocycles. The van der Waals surface area contributed by atoms with Gasteiger partial charge in [-0.1, -0.05) is 28.1 Å². The third-order valence-corrected chi connectivity index (χ3v) is 5.01. The van der Waals surface area contributed by atoms with Crippen LogP contribution in [0.1, 0.15) is 36.3 Å². The van der Waals surface area contributed by atoms with Crippen LogP contribution in [0.25, 0.3) is 0 Å². The summed E-state index contributed by atoms with van der Waals surface area (Å²) in [6.07, 6.45) is 2.07. The van der Waals surface area contributed by atoms with Crippen molar-refractivity contribution in [3.63, 3.8) is 0 Å². The molecule has 0 bridgehead atoms. The highest BCUT2D eigenvalue weighted by molar-refractivity contribution is 9.10. The number of aromatic nitrogens is 2. The number of carbonyl (C=O) groups excluding carboxylic acids is 1. The highest BCUT2D eigenvalue weighted by Crippen LogP contribution is 2.43. The fourth-order valence-electron chi connectivity index (χ4n) is 3.47. The maximum atomic E-state index is 12.6. The lowest BCUT2D eigenvalue weighted by Gasteiger charge is -2.32. The summed E-state index contributed by atoms with van der Waals surface area (Å²) in [4.78, 5) is 31.9. The van der Waals surface area contributed by atoms with Gasteiger partial charge < -0.3 is 11.1 Å². The largest absolute Gasteiger partial charge is 0.369 e. The Kier molecular flexibility index (Phi) is 3.53. The fraction of sp³-hybridized carbons (Fsp3) is 0.235. The average Bonchev–Trinajstić information content (AvgIpc) is 2.54. The summed E-state index contributed by atoms with van der Waals surface area (Å²) >= 11 is 3.42. The Balaban J connectivity index is 1.99. The van der Waals surface area contributed by atoms with Gasteiger partial charge in [0.15, 0.2) is 5.78 Å². The molecule has 0 amide bonds. The number of hydrogen-bond donors (Lipinski definition) is 3. The highest BCUT2D eigenvalue weighted by atomic mass is 79.9. The molecule has 2 aliphatic rings. The van der Waals surface area contributed by atoms with E-state index in [9.17, 15) is 9.59 Å². The smallest absolute Gasteiger partial charge is 0.258 e. The van der Waals surface area contributed by atoms with Gasteiger partial charge in [0.25, 0.3) is 5.56 Å². The normalized spacial score (nSPS) is 19.5. The molecule has 4 rings (SSSR count). The molecular formula is C17H15BrN4O2. The highest BCUT2D eigenvalue weighted by Gasteiger charge is 2.37. The van der Waals surface area contributed by atoms with Crippen LogP contribution in [0.5, 0.6) is 0 Å². The molecule has 1 aliphatic carbocycles. The van der Waals surface area contributed by atoms with Gasteiger partial charge in [-0.25, -0.2) is 0 Å². The van der Waals surface area contributed by atoms with Gasteiger partial charge in [-0.2, -0.15) is 4.98 Å². The number of fused-ring (bicyclic) bond motifs is 1. The molecule has 1 unspecified atom stereocenters. The molecule has 0 fully saturated rings. The van der Waals surface area contributed by atoms with E-state index in [0.717, 1.165) is 28.6 Å². The van der Waals surface area contributed by atoms with Crippen LogP contribution < -0.4 is 16.6 Å². The van der Waals surface area contributed by atoms with Crippen molar-refractivity contribution in [3.05, 3.63) is 61.5 Å². The van der Waals surface area contributed by atoms with Gasteiger partial charge in [0, 0.05) is 28.1 Å². The van der Waals surface area contributed by atoms with Crippen molar-refractivity contribution in [2.45, 2.75) is 25.2 Å². The SMILES string of the molecule is Nc1nc2c(c(=O)[nH]1)C(c1ccc(Br)cc1)C1=C(CCCC1=O)N2. The Bertz CT molecular complexity index is 931. The van der Waals surface area contributed by atoms with Crippen LogP contribution in [0.4, 0.5) is 11.8 Å². The number of ketones is 1. The zero-order chi connectivity index (χ0) is 16.8. The number of nitrogen functional groups attached to an aromatic ring is 1. The van der Waals surface area contributed by atoms with Gasteiger partial charge in [-0.05, 0) is 30.5 Å². The minimum atomic E-state index is -0.422. The van der Waals surface area contributed by atoms with Gasteiger partial charge in [0.05, 0.1) is 5.56 Å². The molecule has 0 spiro atoms. The second-order valence-electron chi connectivity index (χ2n) is 5.99. The number of halogens is 1. The van der Waals surface area contributed by atoms with E-state index in [1.54, 1.807) is 0 Å². The van der Waals surface area contributed by atoms with E-state index in [0.29, 0.717) is 23.4 Å². The average molecular weight is 387 g/mol. The van der Waals surface area contributed by atoms with Crippen molar-refractivity contribution in [2.24, 2.45) is 0 Å². The molecule has 0 radical (unpaired) electrons. The molecule has 0 saturated carbocycles. The van der Waals surface area contributed by atoms with Gasteiger partial charge >= 0.3 is 0 Å². The van der Waals surface area contributed by atoms with Crippen molar-refractivity contribution in [1.29, 1.82) is 0 Å². The van der Waals surface area contributed by atoms with E-state index >= 15 is 0 Å². The van der Waals surface area contributed by atoms with Gasteiger partial charge in [0.2, 0.25) is 5.95 Å². The van der Waals surface area contributed by atoms with Gasteiger partial charge in [-0.15, -0.1) is 0 Å². The summed E-state index contributed by atoms with van der Waals surface area (Å²) in [5.74, 6) is 0.164. The Morgan fingerprint density at radius 1 is 1.17 bits per heavy atom. The van der Waals surface area contributed by atoms with Gasteiger partial charge in [-0.3, -0.25) is 14.6 Å². The van der Waals surface area contributed by atoms with E-state index < -0.39 is 5.92 Å². The maximum absolute atomic E-state index is 12.6. The fourth-order valence-corrected chi connectivity index (χ4v) is 3.73. The maximum Gasteiger partial charge on any atom is 0.258 e. The molecule has 7 heteroatoms. The van der Waals surface area contributed by atoms with E-state index in [1.165, 1.54) is 0 Å². The number of anilines is 2. The van der Waals surface area contributed by atoms with Crippen LogP contribution in [0.3, 0.4) is 0 Å². The number of nitrogens with zero attached hydrogens (tertiary/aromatic N) is 1. The number of hydrogen-bond acceptors (Lipinski definition) is 5. The zero-order valence-corrected chi connectivity index (χ0v) is 14.3. The molecular weight excluding hydrogens is 372 g/mol. The van der Waals surface area contributed by atoms with Crippen molar-refractivity contribution in [2.75, 3.05) is 11.1 Å². The Labute approximate surface area is 146 Å². The third-order valence-electron chi connectivity index (χ3n) is 4.48. The summed E-state index contributed by atoms with van der Waals surface area (Å²) in [6.45, 7) is 0. The molecule has 1 aromatic carbocycles. The predicted molar refractivity (Wildman–Crippen MR) is 94.8 cm³/mol. The predicted octanol–water partition coefficient (Wildman–Crippen LogP) is 2.68. The second kappa shape index (κ2) is 5.59. The van der Waals surface area contributed by atoms with Crippen LogP contribution in [-0.4, -0.2) is 15.8 Å². The van der Waals surface area contributed by atoms with Crippen LogP contribution in [0, 0.1) is 0 Å². The number of rotatable bonds is 1. The molecule has 1 atom stereocenters. The van der Waals surface area contributed by atoms with Crippen molar-refractivity contribution < 1.29 is 4.79 Å². The first-order valence-corrected chi connectivity index (χ1v) is 8.52. The molecule has 1 aliphatic heterocycles. The van der Waals surface area contributed by atoms with E-state index in [1.807, 2.05) is 24.3 Å². The number of H-pyrrole nitrogens is 1. The summed E-state index contributed by atoms with van der Waals surface area (Å²) in [5.41, 5.74) is 8.23. The first-order chi connectivity index (χ1) is 11.5. The number of nitrogens with two attached hydrogens (primary N) is 1. The van der Waals surface area contributed by atoms with E-state index in [-0.39, 0.29) is 17.3 Å². The zero-order valence-electron chi connectivity index (χ0n) is 12.7. The lowest BCUT2D eigenvalue weighted by molar-refractivity contribution is -0.116. The Hall–Kier alpha value is -2.41. The standard InChI is InChI=1S/C17H15BrN4O2/c18-9-6-4-8(5-7-9)12-13-10(2-1-3-11(13)23)20-15-14(12)16(24)22-17(19)21-15/h4-7,12H,1-3H2,(H4,19,20,21,22,24). The lowest BCUT2D eigenvalue weighted by atomic mass is 9.76. The van der Waals surface area contributed by atoms with Crippen LogP contribution in [0.15, 0.2) is 44.8 Å². The lowest BCUT2D eigenvalue weighted by Crippen LogP contribution is -2.32. The monoisotopic (exact) mass is 386 g/mol. The molecule has 1 aromatic heterocycles. The van der Waals surface area contributed by atoms with Crippen molar-refractivity contribution >= 4 is 33.5 Å². The second-order valence-corrected chi connectivity index (χ2v) is 6.91. The molecule has 24 heavy (non-hydrogen) atoms. The van der Waals surface area contributed by atoms with Crippen molar-refractivity contribution in [1.82, 2.24) is 9.97 Å². The topological polar surface area (TPSA) is 101 Å². The minimum Gasteiger partial charge on any atom is -0.369 e. The number of allylic oxidation sites excluding steroid dienone is 2. The Morgan fingerprint density at radius 2 is 1.92 bits per heavy atom. The van der Waals surface area contributed by atoms with E-state index in [4.69, 9.17) is 5.73 Å². The third kappa shape index (κ3) is 2.36. The first kappa shape index (κ1) is 15.1. The number of Topliss-reactive ketones (excluding diaryl/α,β-unsaturated/α-hetero) is 1. The number of benzene rings is 1. The molecule has 0 saturated heterocycles. The summed E-state index contributed by atoms with van der Waals surface area (Å²) < 4.78 is 0.939. The summed E-state index contributed by atoms with van der Waals surface area (Å²) in [7, 11) is 0. The molecule has 6 nitrogen and oxygen atoms in total. The molecule has 2 aromatic rings. The summed E-state index contributed by atoms with van der Waals surface area (Å²) in [5, 5.41) is 3.16. The van der Waals surface area contributed by atoms with E-state index in [2.05, 4.69) is 31.2 Å². The van der Waals surface area contributed by atoms with Crippen LogP contribution in [-0.2, 0) is 4.79 Å². The quantitative estimate of drug-likeness (QED) is 0.699.